The predicted octanol–water partition coefficient (Wildman–Crippen LogP) is 8.99. The Morgan fingerprint density at radius 1 is 0.857 bits per heavy atom. The fourth-order valence-electron chi connectivity index (χ4n) is 6.03. The molecular weight excluding hydrogens is 547 g/mol. The van der Waals surface area contributed by atoms with Crippen LogP contribution in [0.1, 0.15) is 72.6 Å². The van der Waals surface area contributed by atoms with E-state index in [1.54, 1.807) is 41.3 Å². The van der Waals surface area contributed by atoms with E-state index in [2.05, 4.69) is 50.4 Å². The van der Waals surface area contributed by atoms with Crippen LogP contribution in [0.25, 0.3) is 0 Å². The van der Waals surface area contributed by atoms with Crippen molar-refractivity contribution in [1.82, 2.24) is 0 Å². The fourth-order valence-corrected chi connectivity index (χ4v) is 6.25. The third kappa shape index (κ3) is 5.14. The molecule has 0 spiro atoms. The van der Waals surface area contributed by atoms with Gasteiger partial charge in [0.15, 0.2) is 5.78 Å². The summed E-state index contributed by atoms with van der Waals surface area (Å²) in [6, 6.07) is 28.2. The van der Waals surface area contributed by atoms with Gasteiger partial charge in [-0.25, -0.2) is 4.39 Å². The van der Waals surface area contributed by atoms with Crippen LogP contribution in [-0.4, -0.2) is 11.7 Å². The van der Waals surface area contributed by atoms with Crippen molar-refractivity contribution in [2.24, 2.45) is 0 Å². The van der Waals surface area contributed by atoms with Crippen molar-refractivity contribution in [3.63, 3.8) is 0 Å². The monoisotopic (exact) mass is 578 g/mol. The van der Waals surface area contributed by atoms with Gasteiger partial charge in [-0.05, 0) is 70.8 Å². The van der Waals surface area contributed by atoms with Gasteiger partial charge in [0, 0.05) is 17.7 Å². The van der Waals surface area contributed by atoms with E-state index in [0.29, 0.717) is 45.9 Å². The van der Waals surface area contributed by atoms with E-state index in [-0.39, 0.29) is 23.0 Å². The third-order valence-electron chi connectivity index (χ3n) is 8.25. The number of Topliss-reactive ketones (excluding diaryl/α,β-unsaturated/α-hetero) is 1. The lowest BCUT2D eigenvalue weighted by Crippen LogP contribution is -2.38. The lowest BCUT2D eigenvalue weighted by molar-refractivity contribution is -0.116. The average molecular weight is 579 g/mol. The first-order valence-electron chi connectivity index (χ1n) is 14.2. The molecule has 6 heteroatoms. The number of anilines is 2. The fraction of sp³-hybridized carbons (Fsp3) is 0.222. The number of halogens is 2. The molecular formula is C36H32ClFN2O2. The van der Waals surface area contributed by atoms with Crippen LogP contribution in [0, 0.1) is 5.82 Å². The number of allylic oxidation sites excluding steroid dienone is 1. The number of ketones is 1. The lowest BCUT2D eigenvalue weighted by Gasteiger charge is -2.35. The Morgan fingerprint density at radius 3 is 2.19 bits per heavy atom. The summed E-state index contributed by atoms with van der Waals surface area (Å²) in [5.74, 6) is -0.805. The number of hydrogen-bond donors (Lipinski definition) is 1. The first-order valence-corrected chi connectivity index (χ1v) is 14.6. The van der Waals surface area contributed by atoms with Crippen molar-refractivity contribution in [3.8, 4) is 0 Å². The van der Waals surface area contributed by atoms with Crippen LogP contribution < -0.4 is 10.2 Å². The molecule has 1 aliphatic heterocycles. The zero-order chi connectivity index (χ0) is 29.6. The number of carbonyl (C=O) groups is 2. The predicted molar refractivity (Wildman–Crippen MR) is 167 cm³/mol. The Bertz CT molecular complexity index is 1700. The Balaban J connectivity index is 1.52. The standard InChI is InChI=1S/C36H32ClFN2O2/c1-36(2,3)25-16-12-22(13-17-25)24-20-30-33(32(41)21-24)34(23-14-18-26(38)19-15-23)40(31-11-7-6-10-29(31)39-30)35(42)27-8-4-5-9-28(27)37/h4-19,24,34,39H,20-21H2,1-3H3/t24-,34-/m1/s1. The van der Waals surface area contributed by atoms with Crippen molar-refractivity contribution < 1.29 is 14.0 Å². The molecule has 42 heavy (non-hydrogen) atoms. The molecule has 0 fully saturated rings. The Morgan fingerprint density at radius 2 is 1.50 bits per heavy atom. The number of hydrogen-bond acceptors (Lipinski definition) is 3. The highest BCUT2D eigenvalue weighted by Crippen LogP contribution is 2.48. The molecule has 0 bridgehead atoms. The van der Waals surface area contributed by atoms with E-state index in [1.165, 1.54) is 17.7 Å². The van der Waals surface area contributed by atoms with Gasteiger partial charge in [0.25, 0.3) is 5.91 Å². The van der Waals surface area contributed by atoms with E-state index in [0.717, 1.165) is 11.3 Å². The molecule has 212 valence electrons. The van der Waals surface area contributed by atoms with Gasteiger partial charge in [0.2, 0.25) is 0 Å². The first-order chi connectivity index (χ1) is 20.1. The molecule has 0 unspecified atom stereocenters. The van der Waals surface area contributed by atoms with Gasteiger partial charge in [0.05, 0.1) is 28.0 Å². The van der Waals surface area contributed by atoms with Crippen LogP contribution in [-0.2, 0) is 10.2 Å². The molecule has 4 aromatic carbocycles. The minimum Gasteiger partial charge on any atom is -0.357 e. The molecule has 2 aliphatic rings. The zero-order valence-electron chi connectivity index (χ0n) is 23.8. The highest BCUT2D eigenvalue weighted by Gasteiger charge is 2.42. The summed E-state index contributed by atoms with van der Waals surface area (Å²) >= 11 is 6.52. The molecule has 0 radical (unpaired) electrons. The van der Waals surface area contributed by atoms with E-state index >= 15 is 0 Å². The van der Waals surface area contributed by atoms with Crippen molar-refractivity contribution >= 4 is 34.7 Å². The summed E-state index contributed by atoms with van der Waals surface area (Å²) in [6.45, 7) is 6.55. The van der Waals surface area contributed by atoms with Crippen molar-refractivity contribution in [3.05, 3.63) is 141 Å². The molecule has 1 N–H and O–H groups in total. The molecule has 1 amide bonds. The summed E-state index contributed by atoms with van der Waals surface area (Å²) in [7, 11) is 0. The van der Waals surface area contributed by atoms with Crippen LogP contribution in [0.4, 0.5) is 15.8 Å². The van der Waals surface area contributed by atoms with Gasteiger partial charge in [-0.15, -0.1) is 0 Å². The molecule has 2 atom stereocenters. The number of benzene rings is 4. The first kappa shape index (κ1) is 27.9. The molecule has 0 saturated carbocycles. The van der Waals surface area contributed by atoms with E-state index in [9.17, 15) is 14.0 Å². The number of rotatable bonds is 3. The minimum atomic E-state index is -0.780. The van der Waals surface area contributed by atoms with Gasteiger partial charge in [-0.2, -0.15) is 0 Å². The zero-order valence-corrected chi connectivity index (χ0v) is 24.6. The second-order valence-corrected chi connectivity index (χ2v) is 12.5. The van der Waals surface area contributed by atoms with Gasteiger partial charge in [0.1, 0.15) is 5.82 Å². The molecule has 1 aliphatic carbocycles. The van der Waals surface area contributed by atoms with Crippen molar-refractivity contribution in [2.45, 2.75) is 51.0 Å². The maximum Gasteiger partial charge on any atom is 0.260 e. The maximum atomic E-state index is 14.4. The van der Waals surface area contributed by atoms with Gasteiger partial charge in [-0.1, -0.05) is 93.0 Å². The summed E-state index contributed by atoms with van der Waals surface area (Å²) in [5, 5.41) is 3.86. The highest BCUT2D eigenvalue weighted by atomic mass is 35.5. The van der Waals surface area contributed by atoms with Crippen LogP contribution in [0.2, 0.25) is 5.02 Å². The van der Waals surface area contributed by atoms with Gasteiger partial charge < -0.3 is 5.32 Å². The van der Waals surface area contributed by atoms with Crippen molar-refractivity contribution in [2.75, 3.05) is 10.2 Å². The largest absolute Gasteiger partial charge is 0.357 e. The SMILES string of the molecule is CC(C)(C)c1ccc([C@H]2CC(=O)C3=C(C2)Nc2ccccc2N(C(=O)c2ccccc2Cl)[C@@H]3c2ccc(F)cc2)cc1. The van der Waals surface area contributed by atoms with Crippen LogP contribution in [0.5, 0.6) is 0 Å². The molecule has 4 aromatic rings. The van der Waals surface area contributed by atoms with E-state index in [1.807, 2.05) is 24.3 Å². The lowest BCUT2D eigenvalue weighted by atomic mass is 9.77. The molecule has 0 aromatic heterocycles. The summed E-state index contributed by atoms with van der Waals surface area (Å²) in [4.78, 5) is 30.2. The molecule has 4 nitrogen and oxygen atoms in total. The molecule has 6 rings (SSSR count). The van der Waals surface area contributed by atoms with Crippen LogP contribution in [0.3, 0.4) is 0 Å². The Hall–Kier alpha value is -4.22. The third-order valence-corrected chi connectivity index (χ3v) is 8.58. The number of amides is 1. The number of fused-ring (bicyclic) bond motifs is 1. The molecule has 1 heterocycles. The summed E-state index contributed by atoms with van der Waals surface area (Å²) in [5.41, 5.74) is 5.95. The Labute approximate surface area is 250 Å². The van der Waals surface area contributed by atoms with Gasteiger partial charge in [-0.3, -0.25) is 14.5 Å². The normalized spacial score (nSPS) is 18.6. The smallest absolute Gasteiger partial charge is 0.260 e. The van der Waals surface area contributed by atoms with E-state index < -0.39 is 11.9 Å². The topological polar surface area (TPSA) is 49.4 Å². The number of nitrogens with one attached hydrogen (secondary N) is 1. The summed E-state index contributed by atoms with van der Waals surface area (Å²) < 4.78 is 14.1. The van der Waals surface area contributed by atoms with Crippen molar-refractivity contribution in [1.29, 1.82) is 0 Å². The average Bonchev–Trinajstić information content (AvgIpc) is 3.12. The van der Waals surface area contributed by atoms with Crippen LogP contribution in [0.15, 0.2) is 108 Å². The van der Waals surface area contributed by atoms with Crippen LogP contribution >= 0.6 is 11.6 Å². The summed E-state index contributed by atoms with van der Waals surface area (Å²) in [6.07, 6.45) is 0.896. The molecule has 0 saturated heterocycles. The minimum absolute atomic E-state index is 0.0235. The van der Waals surface area contributed by atoms with E-state index in [4.69, 9.17) is 11.6 Å². The quantitative estimate of drug-likeness (QED) is 0.264. The maximum absolute atomic E-state index is 14.4. The number of nitrogens with zero attached hydrogens (tertiary/aromatic N) is 1. The second-order valence-electron chi connectivity index (χ2n) is 12.0. The number of carbonyl (C=O) groups excluding carboxylic acids is 2. The highest BCUT2D eigenvalue weighted by molar-refractivity contribution is 6.34. The number of para-hydroxylation sites is 2. The van der Waals surface area contributed by atoms with Gasteiger partial charge >= 0.3 is 0 Å². The Kier molecular flexibility index (Phi) is 7.24. The second kappa shape index (κ2) is 10.9.